The second-order valence-electron chi connectivity index (χ2n) is 9.19. The molecule has 2 aromatic carbocycles. The van der Waals surface area contributed by atoms with E-state index in [2.05, 4.69) is 18.7 Å². The van der Waals surface area contributed by atoms with E-state index in [4.69, 9.17) is 4.74 Å². The topological polar surface area (TPSA) is 90.3 Å². The number of aliphatic hydroxyl groups excluding tert-OH is 1. The van der Waals surface area contributed by atoms with Gasteiger partial charge in [-0.1, -0.05) is 63.1 Å². The van der Waals surface area contributed by atoms with Crippen LogP contribution < -0.4 is 4.74 Å². The number of ketones is 1. The first kappa shape index (κ1) is 27.3. The molecule has 194 valence electrons. The molecule has 1 fully saturated rings. The van der Waals surface area contributed by atoms with Crippen LogP contribution in [0.2, 0.25) is 0 Å². The second-order valence-corrected chi connectivity index (χ2v) is 9.19. The highest BCUT2D eigenvalue weighted by Crippen LogP contribution is 2.41. The van der Waals surface area contributed by atoms with Crippen molar-refractivity contribution in [2.45, 2.75) is 52.0 Å². The molecule has 1 aliphatic heterocycles. The molecule has 0 spiro atoms. The van der Waals surface area contributed by atoms with E-state index in [1.165, 1.54) is 13.2 Å². The van der Waals surface area contributed by atoms with Gasteiger partial charge in [-0.2, -0.15) is 0 Å². The van der Waals surface area contributed by atoms with Crippen molar-refractivity contribution in [3.05, 3.63) is 65.2 Å². The minimum Gasteiger partial charge on any atom is -0.507 e. The average molecular weight is 495 g/mol. The Morgan fingerprint density at radius 2 is 1.61 bits per heavy atom. The summed E-state index contributed by atoms with van der Waals surface area (Å²) in [4.78, 5) is 30.4. The van der Waals surface area contributed by atoms with Gasteiger partial charge >= 0.3 is 0 Å². The SMILES string of the molecule is CCCCN(CCCC)CCCN1C(=O)C(=O)/C(=C(\O)c2ccccc2)C1c1ccc(O)c(OC)c1. The zero-order chi connectivity index (χ0) is 26.1. The number of likely N-dealkylation sites (tertiary alicyclic amines) is 1. The van der Waals surface area contributed by atoms with Crippen molar-refractivity contribution in [2.24, 2.45) is 0 Å². The number of ether oxygens (including phenoxy) is 1. The summed E-state index contributed by atoms with van der Waals surface area (Å²) in [5.41, 5.74) is 1.11. The van der Waals surface area contributed by atoms with Gasteiger partial charge in [0.25, 0.3) is 11.7 Å². The Kier molecular flexibility index (Phi) is 9.94. The predicted molar refractivity (Wildman–Crippen MR) is 141 cm³/mol. The molecule has 1 amide bonds. The van der Waals surface area contributed by atoms with E-state index in [9.17, 15) is 19.8 Å². The summed E-state index contributed by atoms with van der Waals surface area (Å²) in [5, 5.41) is 21.2. The van der Waals surface area contributed by atoms with E-state index < -0.39 is 17.7 Å². The van der Waals surface area contributed by atoms with Gasteiger partial charge in [0.05, 0.1) is 18.7 Å². The Labute approximate surface area is 214 Å². The lowest BCUT2D eigenvalue weighted by atomic mass is 9.95. The third-order valence-corrected chi connectivity index (χ3v) is 6.64. The first-order valence-corrected chi connectivity index (χ1v) is 12.9. The van der Waals surface area contributed by atoms with Gasteiger partial charge in [0.15, 0.2) is 11.5 Å². The van der Waals surface area contributed by atoms with Crippen molar-refractivity contribution in [1.29, 1.82) is 0 Å². The largest absolute Gasteiger partial charge is 0.507 e. The molecule has 7 heteroatoms. The average Bonchev–Trinajstić information content (AvgIpc) is 3.15. The van der Waals surface area contributed by atoms with Crippen LogP contribution in [0.1, 0.15) is 63.1 Å². The summed E-state index contributed by atoms with van der Waals surface area (Å²) >= 11 is 0. The number of benzene rings is 2. The number of Topliss-reactive ketones (excluding diaryl/α,β-unsaturated/α-hetero) is 1. The molecule has 7 nitrogen and oxygen atoms in total. The number of rotatable bonds is 13. The van der Waals surface area contributed by atoms with Crippen LogP contribution in [-0.2, 0) is 9.59 Å². The Hall–Kier alpha value is -3.32. The van der Waals surface area contributed by atoms with Crippen molar-refractivity contribution >= 4 is 17.4 Å². The van der Waals surface area contributed by atoms with Gasteiger partial charge in [0.2, 0.25) is 0 Å². The first-order chi connectivity index (χ1) is 17.4. The van der Waals surface area contributed by atoms with Gasteiger partial charge in [-0.15, -0.1) is 0 Å². The number of phenols is 1. The maximum atomic E-state index is 13.2. The molecule has 1 saturated heterocycles. The fourth-order valence-corrected chi connectivity index (χ4v) is 4.64. The number of hydrogen-bond acceptors (Lipinski definition) is 6. The molecule has 1 unspecified atom stereocenters. The number of carbonyl (C=O) groups is 2. The maximum Gasteiger partial charge on any atom is 0.295 e. The van der Waals surface area contributed by atoms with E-state index in [1.54, 1.807) is 41.3 Å². The zero-order valence-corrected chi connectivity index (χ0v) is 21.6. The number of methoxy groups -OCH3 is 1. The summed E-state index contributed by atoms with van der Waals surface area (Å²) in [6.45, 7) is 7.59. The Morgan fingerprint density at radius 1 is 0.972 bits per heavy atom. The van der Waals surface area contributed by atoms with Crippen LogP contribution in [0, 0.1) is 0 Å². The molecule has 1 heterocycles. The van der Waals surface area contributed by atoms with E-state index in [0.717, 1.165) is 45.3 Å². The molecular formula is C29H38N2O5. The molecule has 0 bridgehead atoms. The third-order valence-electron chi connectivity index (χ3n) is 6.64. The molecule has 3 rings (SSSR count). The van der Waals surface area contributed by atoms with Crippen molar-refractivity contribution in [2.75, 3.05) is 33.3 Å². The molecule has 1 aliphatic rings. The van der Waals surface area contributed by atoms with Crippen LogP contribution in [0.15, 0.2) is 54.1 Å². The van der Waals surface area contributed by atoms with Crippen LogP contribution in [0.25, 0.3) is 5.76 Å². The molecule has 1 atom stereocenters. The van der Waals surface area contributed by atoms with Gasteiger partial charge in [-0.05, 0) is 56.6 Å². The molecule has 0 radical (unpaired) electrons. The van der Waals surface area contributed by atoms with Gasteiger partial charge < -0.3 is 24.7 Å². The molecule has 2 N–H and O–H groups in total. The van der Waals surface area contributed by atoms with Crippen molar-refractivity contribution in [3.63, 3.8) is 0 Å². The fourth-order valence-electron chi connectivity index (χ4n) is 4.64. The monoisotopic (exact) mass is 494 g/mol. The number of nitrogens with zero attached hydrogens (tertiary/aromatic N) is 2. The third kappa shape index (κ3) is 6.26. The van der Waals surface area contributed by atoms with Crippen molar-refractivity contribution in [3.8, 4) is 11.5 Å². The minimum absolute atomic E-state index is 0.0382. The highest BCUT2D eigenvalue weighted by atomic mass is 16.5. The lowest BCUT2D eigenvalue weighted by Crippen LogP contribution is -2.34. The quantitative estimate of drug-likeness (QED) is 0.228. The smallest absolute Gasteiger partial charge is 0.295 e. The van der Waals surface area contributed by atoms with Crippen LogP contribution in [0.4, 0.5) is 0 Å². The van der Waals surface area contributed by atoms with Crippen molar-refractivity contribution < 1.29 is 24.5 Å². The normalized spacial score (nSPS) is 17.2. The number of aliphatic hydroxyl groups is 1. The lowest BCUT2D eigenvalue weighted by molar-refractivity contribution is -0.140. The van der Waals surface area contributed by atoms with Crippen LogP contribution in [0.5, 0.6) is 11.5 Å². The summed E-state index contributed by atoms with van der Waals surface area (Å²) in [7, 11) is 1.45. The van der Waals surface area contributed by atoms with E-state index in [1.807, 2.05) is 6.07 Å². The Bertz CT molecular complexity index is 1060. The highest BCUT2D eigenvalue weighted by molar-refractivity contribution is 6.46. The number of phenolic OH excluding ortho intramolecular Hbond substituents is 1. The first-order valence-electron chi connectivity index (χ1n) is 12.9. The summed E-state index contributed by atoms with van der Waals surface area (Å²) in [6.07, 6.45) is 5.20. The van der Waals surface area contributed by atoms with Crippen molar-refractivity contribution in [1.82, 2.24) is 9.80 Å². The number of carbonyl (C=O) groups excluding carboxylic acids is 2. The van der Waals surface area contributed by atoms with Gasteiger partial charge in [0.1, 0.15) is 5.76 Å². The summed E-state index contributed by atoms with van der Waals surface area (Å²) < 4.78 is 5.28. The number of hydrogen-bond donors (Lipinski definition) is 2. The number of unbranched alkanes of at least 4 members (excludes halogenated alkanes) is 2. The lowest BCUT2D eigenvalue weighted by Gasteiger charge is -2.27. The van der Waals surface area contributed by atoms with Gasteiger partial charge in [-0.25, -0.2) is 0 Å². The number of amides is 1. The summed E-state index contributed by atoms with van der Waals surface area (Å²) in [6, 6.07) is 12.7. The second kappa shape index (κ2) is 13.1. The molecule has 0 saturated carbocycles. The van der Waals surface area contributed by atoms with E-state index in [0.29, 0.717) is 24.1 Å². The highest BCUT2D eigenvalue weighted by Gasteiger charge is 2.46. The van der Waals surface area contributed by atoms with Gasteiger partial charge in [-0.3, -0.25) is 9.59 Å². The molecular weight excluding hydrogens is 456 g/mol. The van der Waals surface area contributed by atoms with Crippen LogP contribution in [-0.4, -0.2) is 65.0 Å². The standard InChI is InChI=1S/C29H38N2O5/c1-4-6-16-30(17-7-5-2)18-11-19-31-26(22-14-15-23(32)24(20-22)36-3)25(28(34)29(31)35)27(33)21-12-9-8-10-13-21/h8-10,12-15,20,26,32-33H,4-7,11,16-19H2,1-3H3/b27-25-. The van der Waals surface area contributed by atoms with Gasteiger partial charge in [0, 0.05) is 12.1 Å². The number of aromatic hydroxyl groups is 1. The minimum atomic E-state index is -0.778. The maximum absolute atomic E-state index is 13.2. The Morgan fingerprint density at radius 3 is 2.22 bits per heavy atom. The van der Waals surface area contributed by atoms with Crippen LogP contribution in [0.3, 0.4) is 0 Å². The predicted octanol–water partition coefficient (Wildman–Crippen LogP) is 5.11. The molecule has 36 heavy (non-hydrogen) atoms. The fraction of sp³-hybridized carbons (Fsp3) is 0.448. The molecule has 0 aromatic heterocycles. The summed E-state index contributed by atoms with van der Waals surface area (Å²) in [5.74, 6) is -1.34. The zero-order valence-electron chi connectivity index (χ0n) is 21.6. The van der Waals surface area contributed by atoms with E-state index in [-0.39, 0.29) is 22.8 Å². The molecule has 2 aromatic rings. The molecule has 0 aliphatic carbocycles. The Balaban J connectivity index is 1.95. The van der Waals surface area contributed by atoms with E-state index >= 15 is 0 Å². The van der Waals surface area contributed by atoms with Crippen LogP contribution >= 0.6 is 0 Å².